The smallest absolute Gasteiger partial charge is 0.248 e. The monoisotopic (exact) mass is 260 g/mol. The highest BCUT2D eigenvalue weighted by Gasteiger charge is 2.07. The molecule has 0 aromatic carbocycles. The Kier molecular flexibility index (Phi) is 3.81. The number of hydrogen-bond donors (Lipinski definition) is 2. The summed E-state index contributed by atoms with van der Waals surface area (Å²) in [5.74, 6) is -0.216. The van der Waals surface area contributed by atoms with Crippen molar-refractivity contribution in [3.05, 3.63) is 30.7 Å². The minimum Gasteiger partial charge on any atom is -0.323 e. The number of rotatable bonds is 4. The summed E-state index contributed by atoms with van der Waals surface area (Å²) in [6.45, 7) is 1.32. The average Bonchev–Trinajstić information content (AvgIpc) is 2.76. The summed E-state index contributed by atoms with van der Waals surface area (Å²) >= 11 is 0. The topological polar surface area (TPSA) is 102 Å². The van der Waals surface area contributed by atoms with Crippen molar-refractivity contribution in [2.75, 3.05) is 10.6 Å². The molecule has 0 saturated heterocycles. The van der Waals surface area contributed by atoms with Crippen LogP contribution in [0.3, 0.4) is 0 Å². The second-order valence-corrected chi connectivity index (χ2v) is 3.73. The van der Waals surface area contributed by atoms with Crippen molar-refractivity contribution in [3.8, 4) is 0 Å². The Morgan fingerprint density at radius 3 is 2.84 bits per heavy atom. The maximum Gasteiger partial charge on any atom is 0.248 e. The van der Waals surface area contributed by atoms with Crippen molar-refractivity contribution in [1.82, 2.24) is 20.0 Å². The lowest BCUT2D eigenvalue weighted by atomic mass is 10.4. The second kappa shape index (κ2) is 5.71. The van der Waals surface area contributed by atoms with Gasteiger partial charge in [-0.25, -0.2) is 0 Å². The second-order valence-electron chi connectivity index (χ2n) is 3.73. The number of carbonyl (C=O) groups excluding carboxylic acids is 2. The number of amides is 2. The van der Waals surface area contributed by atoms with Gasteiger partial charge in [-0.3, -0.25) is 14.6 Å². The molecule has 2 heterocycles. The van der Waals surface area contributed by atoms with Crippen LogP contribution in [0, 0.1) is 0 Å². The lowest BCUT2D eigenvalue weighted by Gasteiger charge is -2.03. The molecule has 8 heteroatoms. The molecule has 0 radical (unpaired) electrons. The first-order chi connectivity index (χ1) is 9.13. The molecule has 2 N–H and O–H groups in total. The molecule has 2 aromatic rings. The third-order valence-electron chi connectivity index (χ3n) is 2.07. The molecule has 19 heavy (non-hydrogen) atoms. The zero-order valence-corrected chi connectivity index (χ0v) is 10.2. The van der Waals surface area contributed by atoms with Gasteiger partial charge in [0.05, 0.1) is 18.1 Å². The molecule has 0 fully saturated rings. The van der Waals surface area contributed by atoms with E-state index in [1.807, 2.05) is 0 Å². The third-order valence-corrected chi connectivity index (χ3v) is 2.07. The van der Waals surface area contributed by atoms with Crippen LogP contribution in [0.15, 0.2) is 30.7 Å². The molecule has 8 nitrogen and oxygen atoms in total. The van der Waals surface area contributed by atoms with Crippen molar-refractivity contribution < 1.29 is 9.59 Å². The fourth-order valence-electron chi connectivity index (χ4n) is 1.38. The molecular weight excluding hydrogens is 248 g/mol. The zero-order valence-electron chi connectivity index (χ0n) is 10.2. The Labute approximate surface area is 108 Å². The van der Waals surface area contributed by atoms with Crippen LogP contribution >= 0.6 is 0 Å². The normalized spacial score (nSPS) is 9.95. The van der Waals surface area contributed by atoms with Crippen LogP contribution in [0.5, 0.6) is 0 Å². The molecule has 0 saturated carbocycles. The lowest BCUT2D eigenvalue weighted by molar-refractivity contribution is -0.117. The number of hydrogen-bond acceptors (Lipinski definition) is 5. The molecule has 0 bridgehead atoms. The molecule has 2 aromatic heterocycles. The van der Waals surface area contributed by atoms with E-state index in [1.165, 1.54) is 24.1 Å². The summed E-state index contributed by atoms with van der Waals surface area (Å²) in [6, 6.07) is 3.45. The predicted octanol–water partition coefficient (Wildman–Crippen LogP) is 0.270. The van der Waals surface area contributed by atoms with Gasteiger partial charge in [0.25, 0.3) is 0 Å². The van der Waals surface area contributed by atoms with Gasteiger partial charge >= 0.3 is 0 Å². The number of nitrogens with one attached hydrogen (secondary N) is 2. The Bertz CT molecular complexity index is 580. The summed E-state index contributed by atoms with van der Waals surface area (Å²) in [7, 11) is 0. The maximum absolute atomic E-state index is 11.7. The van der Waals surface area contributed by atoms with Crippen LogP contribution < -0.4 is 10.6 Å². The quantitative estimate of drug-likeness (QED) is 0.821. The number of nitrogens with zero attached hydrogens (tertiary/aromatic N) is 4. The zero-order chi connectivity index (χ0) is 13.7. The minimum absolute atomic E-state index is 0.0471. The van der Waals surface area contributed by atoms with Crippen molar-refractivity contribution >= 4 is 23.3 Å². The van der Waals surface area contributed by atoms with Gasteiger partial charge in [-0.2, -0.15) is 9.90 Å². The molecular formula is C11H12N6O2. The number of pyridine rings is 1. The third kappa shape index (κ3) is 3.87. The highest BCUT2D eigenvalue weighted by atomic mass is 16.2. The predicted molar refractivity (Wildman–Crippen MR) is 67.2 cm³/mol. The average molecular weight is 260 g/mol. The Morgan fingerprint density at radius 1 is 1.32 bits per heavy atom. The molecule has 0 atom stereocenters. The van der Waals surface area contributed by atoms with E-state index in [9.17, 15) is 9.59 Å². The summed E-state index contributed by atoms with van der Waals surface area (Å²) in [5, 5.41) is 12.9. The van der Waals surface area contributed by atoms with E-state index in [0.717, 1.165) is 0 Å². The molecule has 2 amide bonds. The van der Waals surface area contributed by atoms with Crippen molar-refractivity contribution in [2.24, 2.45) is 0 Å². The van der Waals surface area contributed by atoms with Gasteiger partial charge in [-0.15, -0.1) is 5.10 Å². The Morgan fingerprint density at radius 2 is 2.16 bits per heavy atom. The highest BCUT2D eigenvalue weighted by Crippen LogP contribution is 2.03. The van der Waals surface area contributed by atoms with Gasteiger partial charge in [-0.1, -0.05) is 0 Å². The molecule has 0 unspecified atom stereocenters. The first-order valence-electron chi connectivity index (χ1n) is 5.51. The van der Waals surface area contributed by atoms with Gasteiger partial charge < -0.3 is 10.6 Å². The van der Waals surface area contributed by atoms with Gasteiger partial charge in [0, 0.05) is 13.1 Å². The van der Waals surface area contributed by atoms with Gasteiger partial charge in [0.2, 0.25) is 11.8 Å². The molecule has 0 aliphatic heterocycles. The van der Waals surface area contributed by atoms with Crippen LogP contribution in [-0.4, -0.2) is 31.8 Å². The molecule has 0 aliphatic carbocycles. The maximum atomic E-state index is 11.7. The van der Waals surface area contributed by atoms with Crippen LogP contribution in [0.1, 0.15) is 6.92 Å². The number of aromatic nitrogens is 4. The van der Waals surface area contributed by atoms with Crippen molar-refractivity contribution in [3.63, 3.8) is 0 Å². The van der Waals surface area contributed by atoms with Gasteiger partial charge in [-0.05, 0) is 12.1 Å². The summed E-state index contributed by atoms with van der Waals surface area (Å²) in [5.41, 5.74) is 0.599. The largest absolute Gasteiger partial charge is 0.323 e. The van der Waals surface area contributed by atoms with Crippen molar-refractivity contribution in [2.45, 2.75) is 13.5 Å². The van der Waals surface area contributed by atoms with E-state index in [0.29, 0.717) is 11.5 Å². The van der Waals surface area contributed by atoms with Crippen LogP contribution in [-0.2, 0) is 16.1 Å². The lowest BCUT2D eigenvalue weighted by Crippen LogP contribution is -2.20. The van der Waals surface area contributed by atoms with E-state index in [-0.39, 0.29) is 18.4 Å². The van der Waals surface area contributed by atoms with Crippen molar-refractivity contribution in [1.29, 1.82) is 0 Å². The van der Waals surface area contributed by atoms with Crippen LogP contribution in [0.2, 0.25) is 0 Å². The standard InChI is InChI=1S/C11H12N6O2/c1-8(18)14-10-6-13-17(16-10)7-11(19)15-9-3-2-4-12-5-9/h2-6H,7H2,1H3,(H,15,19)(H,14,16,18). The minimum atomic E-state index is -0.280. The Balaban J connectivity index is 1.92. The summed E-state index contributed by atoms with van der Waals surface area (Å²) < 4.78 is 0. The summed E-state index contributed by atoms with van der Waals surface area (Å²) in [4.78, 5) is 27.6. The highest BCUT2D eigenvalue weighted by molar-refractivity contribution is 5.90. The number of anilines is 2. The van der Waals surface area contributed by atoms with Gasteiger partial charge in [0.1, 0.15) is 6.54 Å². The van der Waals surface area contributed by atoms with Crippen LogP contribution in [0.25, 0.3) is 0 Å². The van der Waals surface area contributed by atoms with Gasteiger partial charge in [0.15, 0.2) is 5.82 Å². The number of carbonyl (C=O) groups is 2. The summed E-state index contributed by atoms with van der Waals surface area (Å²) in [6.07, 6.45) is 4.53. The van der Waals surface area contributed by atoms with E-state index in [4.69, 9.17) is 0 Å². The Hall–Kier alpha value is -2.77. The van der Waals surface area contributed by atoms with E-state index in [1.54, 1.807) is 18.3 Å². The fourth-order valence-corrected chi connectivity index (χ4v) is 1.38. The molecule has 0 aliphatic rings. The van der Waals surface area contributed by atoms with E-state index >= 15 is 0 Å². The first kappa shape index (κ1) is 12.7. The molecule has 0 spiro atoms. The SMILES string of the molecule is CC(=O)Nc1cnn(CC(=O)Nc2cccnc2)n1. The molecule has 2 rings (SSSR count). The fraction of sp³-hybridized carbons (Fsp3) is 0.182. The molecule has 98 valence electrons. The van der Waals surface area contributed by atoms with E-state index < -0.39 is 0 Å². The van der Waals surface area contributed by atoms with Crippen LogP contribution in [0.4, 0.5) is 11.5 Å². The first-order valence-corrected chi connectivity index (χ1v) is 5.51. The van der Waals surface area contributed by atoms with E-state index in [2.05, 4.69) is 25.8 Å².